The summed E-state index contributed by atoms with van der Waals surface area (Å²) in [6, 6.07) is 7.24. The first-order valence-electron chi connectivity index (χ1n) is 8.49. The third-order valence-electron chi connectivity index (χ3n) is 4.59. The van der Waals surface area contributed by atoms with Crippen LogP contribution in [0.15, 0.2) is 52.4 Å². The second-order valence-electron chi connectivity index (χ2n) is 6.31. The van der Waals surface area contributed by atoms with Crippen molar-refractivity contribution in [3.05, 3.63) is 59.3 Å². The van der Waals surface area contributed by atoms with Crippen molar-refractivity contribution in [1.82, 2.24) is 4.98 Å². The lowest BCUT2D eigenvalue weighted by Crippen LogP contribution is -2.37. The number of sulfone groups is 1. The summed E-state index contributed by atoms with van der Waals surface area (Å²) in [4.78, 5) is 5.79. The van der Waals surface area contributed by atoms with E-state index in [2.05, 4.69) is 4.98 Å². The predicted octanol–water partition coefficient (Wildman–Crippen LogP) is 3.84. The van der Waals surface area contributed by atoms with E-state index in [0.717, 1.165) is 18.2 Å². The number of morpholine rings is 1. The summed E-state index contributed by atoms with van der Waals surface area (Å²) in [6.45, 7) is 1.73. The zero-order valence-electron chi connectivity index (χ0n) is 14.5. The smallest absolute Gasteiger partial charge is 0.210 e. The minimum atomic E-state index is -4.08. The van der Waals surface area contributed by atoms with E-state index in [1.807, 2.05) is 4.90 Å². The van der Waals surface area contributed by atoms with Crippen LogP contribution in [-0.2, 0) is 14.6 Å². The molecule has 0 bridgehead atoms. The topological polar surface area (TPSA) is 59.5 Å². The third-order valence-corrected chi connectivity index (χ3v) is 6.63. The fourth-order valence-corrected chi connectivity index (χ4v) is 4.92. The maximum absolute atomic E-state index is 14.0. The summed E-state index contributed by atoms with van der Waals surface area (Å²) >= 11 is 5.78. The highest BCUT2D eigenvalue weighted by atomic mass is 35.5. The van der Waals surface area contributed by atoms with Gasteiger partial charge in [0.1, 0.15) is 16.5 Å². The van der Waals surface area contributed by atoms with Crippen LogP contribution in [-0.4, -0.2) is 39.7 Å². The second-order valence-corrected chi connectivity index (χ2v) is 8.64. The van der Waals surface area contributed by atoms with Crippen LogP contribution in [0.5, 0.6) is 0 Å². The van der Waals surface area contributed by atoms with Gasteiger partial charge in [0, 0.05) is 24.7 Å². The van der Waals surface area contributed by atoms with Crippen molar-refractivity contribution >= 4 is 38.0 Å². The van der Waals surface area contributed by atoms with Gasteiger partial charge in [0.05, 0.1) is 34.3 Å². The van der Waals surface area contributed by atoms with Gasteiger partial charge in [-0.25, -0.2) is 17.2 Å². The van der Waals surface area contributed by atoms with Crippen LogP contribution in [0.2, 0.25) is 5.02 Å². The summed E-state index contributed by atoms with van der Waals surface area (Å²) in [5.41, 5.74) is 0.826. The molecule has 1 saturated heterocycles. The van der Waals surface area contributed by atoms with Crippen molar-refractivity contribution in [3.63, 3.8) is 0 Å². The molecule has 28 heavy (non-hydrogen) atoms. The maximum atomic E-state index is 14.0. The number of hydrogen-bond donors (Lipinski definition) is 0. The van der Waals surface area contributed by atoms with Crippen molar-refractivity contribution in [3.8, 4) is 0 Å². The molecule has 1 fully saturated rings. The molecule has 0 saturated carbocycles. The second kappa shape index (κ2) is 7.27. The number of fused-ring (bicyclic) bond motifs is 1. The molecule has 0 aliphatic carbocycles. The van der Waals surface area contributed by atoms with Crippen LogP contribution in [0.4, 0.5) is 14.5 Å². The van der Waals surface area contributed by atoms with Gasteiger partial charge in [-0.2, -0.15) is 0 Å². The first kappa shape index (κ1) is 19.0. The Kier molecular flexibility index (Phi) is 4.95. The first-order valence-corrected chi connectivity index (χ1v) is 10.3. The van der Waals surface area contributed by atoms with Crippen LogP contribution in [0.1, 0.15) is 0 Å². The molecule has 4 rings (SSSR count). The number of aromatic nitrogens is 1. The van der Waals surface area contributed by atoms with E-state index >= 15 is 0 Å². The summed E-state index contributed by atoms with van der Waals surface area (Å²) in [5.74, 6) is -1.21. The molecule has 2 aromatic carbocycles. The molecule has 0 atom stereocenters. The predicted molar refractivity (Wildman–Crippen MR) is 102 cm³/mol. The Morgan fingerprint density at radius 1 is 1.07 bits per heavy atom. The van der Waals surface area contributed by atoms with Crippen molar-refractivity contribution < 1.29 is 21.9 Å². The molecule has 5 nitrogen and oxygen atoms in total. The van der Waals surface area contributed by atoms with Gasteiger partial charge < -0.3 is 9.64 Å². The molecule has 0 spiro atoms. The van der Waals surface area contributed by atoms with Crippen molar-refractivity contribution in [2.45, 2.75) is 9.79 Å². The van der Waals surface area contributed by atoms with Gasteiger partial charge in [0.15, 0.2) is 0 Å². The van der Waals surface area contributed by atoms with Crippen LogP contribution in [0, 0.1) is 11.6 Å². The fourth-order valence-electron chi connectivity index (χ4n) is 3.21. The van der Waals surface area contributed by atoms with Crippen LogP contribution in [0.3, 0.4) is 0 Å². The van der Waals surface area contributed by atoms with E-state index in [9.17, 15) is 17.2 Å². The molecule has 0 radical (unpaired) electrons. The van der Waals surface area contributed by atoms with Gasteiger partial charge in [-0.3, -0.25) is 4.98 Å². The largest absolute Gasteiger partial charge is 0.378 e. The Morgan fingerprint density at radius 2 is 1.82 bits per heavy atom. The van der Waals surface area contributed by atoms with E-state index < -0.39 is 21.5 Å². The van der Waals surface area contributed by atoms with Gasteiger partial charge in [0.25, 0.3) is 0 Å². The number of benzene rings is 2. The molecule has 3 aromatic rings. The molecular formula is C19H15ClF2N2O3S. The van der Waals surface area contributed by atoms with Crippen LogP contribution < -0.4 is 4.90 Å². The summed E-state index contributed by atoms with van der Waals surface area (Å²) in [6.07, 6.45) is 1.25. The first-order chi connectivity index (χ1) is 13.4. The summed E-state index contributed by atoms with van der Waals surface area (Å²) in [5, 5.41) is 0.0879. The lowest BCUT2D eigenvalue weighted by atomic mass is 10.1. The SMILES string of the molecule is O=S(=O)(c1ccc(F)c(Cl)c1)c1cnc2ccc(F)cc2c1N1CCOCC1. The average molecular weight is 425 g/mol. The van der Waals surface area contributed by atoms with E-state index in [0.29, 0.717) is 42.9 Å². The normalized spacial score (nSPS) is 15.2. The zero-order chi connectivity index (χ0) is 19.9. The van der Waals surface area contributed by atoms with Gasteiger partial charge in [-0.1, -0.05) is 11.6 Å². The standard InChI is InChI=1S/C19H15ClF2N2O3S/c20-15-10-13(2-3-16(15)22)28(25,26)18-11-23-17-4-1-12(21)9-14(17)19(18)24-5-7-27-8-6-24/h1-4,9-11H,5-8H2. The number of nitrogens with zero attached hydrogens (tertiary/aromatic N) is 2. The van der Waals surface area contributed by atoms with Gasteiger partial charge in [0.2, 0.25) is 9.84 Å². The Balaban J connectivity index is 1.98. The van der Waals surface area contributed by atoms with Gasteiger partial charge in [-0.15, -0.1) is 0 Å². The fraction of sp³-hybridized carbons (Fsp3) is 0.211. The number of pyridine rings is 1. The van der Waals surface area contributed by atoms with Gasteiger partial charge >= 0.3 is 0 Å². The summed E-state index contributed by atoms with van der Waals surface area (Å²) in [7, 11) is -4.08. The molecule has 1 aliphatic heterocycles. The lowest BCUT2D eigenvalue weighted by molar-refractivity contribution is 0.122. The van der Waals surface area contributed by atoms with E-state index in [-0.39, 0.29) is 14.8 Å². The minimum Gasteiger partial charge on any atom is -0.378 e. The molecule has 1 aliphatic rings. The van der Waals surface area contributed by atoms with E-state index in [1.54, 1.807) is 0 Å². The zero-order valence-corrected chi connectivity index (χ0v) is 16.1. The quantitative estimate of drug-likeness (QED) is 0.598. The molecule has 0 N–H and O–H groups in total. The minimum absolute atomic E-state index is 0.0878. The Hall–Kier alpha value is -2.29. The highest BCUT2D eigenvalue weighted by Gasteiger charge is 2.28. The Labute approximate surface area is 165 Å². The number of halogens is 3. The number of rotatable bonds is 3. The van der Waals surface area contributed by atoms with Crippen molar-refractivity contribution in [2.75, 3.05) is 31.2 Å². The highest BCUT2D eigenvalue weighted by Crippen LogP contribution is 2.37. The average Bonchev–Trinajstić information content (AvgIpc) is 2.69. The molecule has 9 heteroatoms. The number of ether oxygens (including phenoxy) is 1. The highest BCUT2D eigenvalue weighted by molar-refractivity contribution is 7.91. The Morgan fingerprint density at radius 3 is 2.54 bits per heavy atom. The molecule has 1 aromatic heterocycles. The maximum Gasteiger partial charge on any atom is 0.210 e. The number of anilines is 1. The van der Waals surface area contributed by atoms with E-state index in [1.165, 1.54) is 24.4 Å². The van der Waals surface area contributed by atoms with Crippen LogP contribution >= 0.6 is 11.6 Å². The third kappa shape index (κ3) is 3.32. The summed E-state index contributed by atoms with van der Waals surface area (Å²) < 4.78 is 59.5. The van der Waals surface area contributed by atoms with Crippen molar-refractivity contribution in [2.24, 2.45) is 0 Å². The van der Waals surface area contributed by atoms with Crippen molar-refractivity contribution in [1.29, 1.82) is 0 Å². The monoisotopic (exact) mass is 424 g/mol. The molecule has 146 valence electrons. The van der Waals surface area contributed by atoms with Crippen LogP contribution in [0.25, 0.3) is 10.9 Å². The molecule has 0 amide bonds. The molecular weight excluding hydrogens is 410 g/mol. The number of hydrogen-bond acceptors (Lipinski definition) is 5. The molecule has 0 unspecified atom stereocenters. The molecule has 2 heterocycles. The Bertz CT molecular complexity index is 1170. The van der Waals surface area contributed by atoms with E-state index in [4.69, 9.17) is 16.3 Å². The van der Waals surface area contributed by atoms with Gasteiger partial charge in [-0.05, 0) is 36.4 Å². The lowest BCUT2D eigenvalue weighted by Gasteiger charge is -2.31.